The molecule has 0 aliphatic carbocycles. The minimum atomic E-state index is 0.603. The van der Waals surface area contributed by atoms with Crippen LogP contribution in [0, 0.1) is 0 Å². The molecule has 0 bridgehead atoms. The Morgan fingerprint density at radius 1 is 0.438 bits per heavy atom. The van der Waals surface area contributed by atoms with E-state index in [1.54, 1.807) is 11.3 Å². The van der Waals surface area contributed by atoms with Crippen LogP contribution in [0.25, 0.3) is 98.4 Å². The van der Waals surface area contributed by atoms with Gasteiger partial charge < -0.3 is 4.42 Å². The molecule has 0 fully saturated rings. The van der Waals surface area contributed by atoms with Gasteiger partial charge in [-0.05, 0) is 40.4 Å². The average Bonchev–Trinajstić information content (AvgIpc) is 3.77. The lowest BCUT2D eigenvalue weighted by molar-refractivity contribution is 0.669. The second-order valence-electron chi connectivity index (χ2n) is 11.8. The summed E-state index contributed by atoms with van der Waals surface area (Å²) in [5.74, 6) is 1.84. The summed E-state index contributed by atoms with van der Waals surface area (Å²) < 4.78 is 7.40. The fourth-order valence-electron chi connectivity index (χ4n) is 6.67. The summed E-state index contributed by atoms with van der Waals surface area (Å²) in [6.45, 7) is 0. The van der Waals surface area contributed by atoms with Gasteiger partial charge in [-0.3, -0.25) is 0 Å². The van der Waals surface area contributed by atoms with Gasteiger partial charge in [0.15, 0.2) is 17.5 Å². The summed E-state index contributed by atoms with van der Waals surface area (Å²) in [6.07, 6.45) is 0. The van der Waals surface area contributed by atoms with Crippen molar-refractivity contribution in [1.29, 1.82) is 0 Å². The van der Waals surface area contributed by atoms with Crippen LogP contribution < -0.4 is 0 Å². The number of aromatic nitrogens is 4. The van der Waals surface area contributed by atoms with Crippen LogP contribution in [-0.2, 0) is 0 Å². The van der Waals surface area contributed by atoms with Crippen LogP contribution >= 0.6 is 11.3 Å². The zero-order chi connectivity index (χ0) is 31.6. The van der Waals surface area contributed by atoms with Crippen molar-refractivity contribution in [3.05, 3.63) is 146 Å². The van der Waals surface area contributed by atoms with Gasteiger partial charge in [0, 0.05) is 38.4 Å². The molecule has 0 spiro atoms. The SMILES string of the molecule is c1ccc(-c2nc(-c3ccc4ccc5ccc6nc(-c7ccccc7)sc6c5c4c3)nc(-c3cccc4oc5ccccc5c34)n2)cc1. The second-order valence-corrected chi connectivity index (χ2v) is 12.8. The van der Waals surface area contributed by atoms with Gasteiger partial charge in [0.05, 0.1) is 10.2 Å². The molecule has 0 unspecified atom stereocenters. The monoisotopic (exact) mass is 632 g/mol. The topological polar surface area (TPSA) is 64.7 Å². The summed E-state index contributed by atoms with van der Waals surface area (Å²) in [5, 5.41) is 7.71. The smallest absolute Gasteiger partial charge is 0.164 e. The molecule has 6 heteroatoms. The summed E-state index contributed by atoms with van der Waals surface area (Å²) in [7, 11) is 0. The standard InChI is InChI=1S/C42H24N4OS/c1-3-10-27(11-4-1)39-44-40(46-41(45-39)31-15-9-17-35-37(31)30-14-7-8-16-34(30)47-35)29-21-19-25-18-20-26-22-23-33-38(36(26)32(25)24-29)48-42(43-33)28-12-5-2-6-13-28/h1-24H. The molecular weight excluding hydrogens is 609 g/mol. The Morgan fingerprint density at radius 3 is 1.96 bits per heavy atom. The van der Waals surface area contributed by atoms with Crippen LogP contribution in [0.15, 0.2) is 150 Å². The third kappa shape index (κ3) is 4.31. The number of thiazole rings is 1. The number of nitrogens with zero attached hydrogens (tertiary/aromatic N) is 4. The first kappa shape index (κ1) is 26.9. The highest BCUT2D eigenvalue weighted by molar-refractivity contribution is 7.22. The van der Waals surface area contributed by atoms with Crippen LogP contribution in [0.2, 0.25) is 0 Å². The Kier molecular flexibility index (Phi) is 5.98. The van der Waals surface area contributed by atoms with Gasteiger partial charge >= 0.3 is 0 Å². The highest BCUT2D eigenvalue weighted by Crippen LogP contribution is 2.40. The van der Waals surface area contributed by atoms with E-state index in [9.17, 15) is 0 Å². The van der Waals surface area contributed by atoms with Crippen molar-refractivity contribution in [1.82, 2.24) is 19.9 Å². The quantitative estimate of drug-likeness (QED) is 0.181. The minimum absolute atomic E-state index is 0.603. The summed E-state index contributed by atoms with van der Waals surface area (Å²) >= 11 is 1.74. The molecule has 224 valence electrons. The first-order valence-electron chi connectivity index (χ1n) is 15.8. The van der Waals surface area contributed by atoms with Crippen molar-refractivity contribution in [2.45, 2.75) is 0 Å². The largest absolute Gasteiger partial charge is 0.456 e. The number of benzene rings is 7. The van der Waals surface area contributed by atoms with Gasteiger partial charge in [-0.1, -0.05) is 121 Å². The van der Waals surface area contributed by atoms with Crippen molar-refractivity contribution in [2.24, 2.45) is 0 Å². The zero-order valence-electron chi connectivity index (χ0n) is 25.5. The summed E-state index contributed by atoms with van der Waals surface area (Å²) in [6, 6.07) is 49.8. The lowest BCUT2D eigenvalue weighted by Gasteiger charge is -2.11. The van der Waals surface area contributed by atoms with Crippen LogP contribution in [-0.4, -0.2) is 19.9 Å². The van der Waals surface area contributed by atoms with E-state index in [1.807, 2.05) is 66.7 Å². The first-order chi connectivity index (χ1) is 23.8. The normalized spacial score (nSPS) is 11.8. The third-order valence-electron chi connectivity index (χ3n) is 8.94. The van der Waals surface area contributed by atoms with Crippen molar-refractivity contribution < 1.29 is 4.42 Å². The second kappa shape index (κ2) is 10.7. The van der Waals surface area contributed by atoms with E-state index >= 15 is 0 Å². The minimum Gasteiger partial charge on any atom is -0.456 e. The lowest BCUT2D eigenvalue weighted by atomic mass is 9.99. The van der Waals surface area contributed by atoms with E-state index in [0.29, 0.717) is 17.5 Å². The van der Waals surface area contributed by atoms with E-state index in [2.05, 4.69) is 78.9 Å². The van der Waals surface area contributed by atoms with Gasteiger partial charge in [-0.15, -0.1) is 11.3 Å². The Balaban J connectivity index is 1.22. The molecule has 0 atom stereocenters. The molecule has 3 aromatic heterocycles. The van der Waals surface area contributed by atoms with Crippen molar-refractivity contribution >= 4 is 65.0 Å². The van der Waals surface area contributed by atoms with Gasteiger partial charge in [0.2, 0.25) is 0 Å². The van der Waals surface area contributed by atoms with E-state index in [1.165, 1.54) is 15.5 Å². The number of fused-ring (bicyclic) bond motifs is 8. The van der Waals surface area contributed by atoms with Gasteiger partial charge in [-0.25, -0.2) is 19.9 Å². The molecule has 5 nitrogen and oxygen atoms in total. The fraction of sp³-hybridized carbons (Fsp3) is 0. The molecule has 0 saturated carbocycles. The fourth-order valence-corrected chi connectivity index (χ4v) is 7.81. The van der Waals surface area contributed by atoms with Crippen LogP contribution in [0.4, 0.5) is 0 Å². The highest BCUT2D eigenvalue weighted by atomic mass is 32.1. The van der Waals surface area contributed by atoms with E-state index in [-0.39, 0.29) is 0 Å². The predicted octanol–water partition coefficient (Wildman–Crippen LogP) is 11.4. The van der Waals surface area contributed by atoms with E-state index in [0.717, 1.165) is 65.5 Å². The molecule has 0 aliphatic rings. The Morgan fingerprint density at radius 2 is 1.10 bits per heavy atom. The van der Waals surface area contributed by atoms with Crippen LogP contribution in [0.5, 0.6) is 0 Å². The number of furan rings is 1. The van der Waals surface area contributed by atoms with Crippen molar-refractivity contribution in [3.8, 4) is 44.7 Å². The van der Waals surface area contributed by atoms with Crippen molar-refractivity contribution in [2.75, 3.05) is 0 Å². The van der Waals surface area contributed by atoms with Gasteiger partial charge in [-0.2, -0.15) is 0 Å². The maximum atomic E-state index is 6.22. The lowest BCUT2D eigenvalue weighted by Crippen LogP contribution is -2.00. The van der Waals surface area contributed by atoms with Gasteiger partial charge in [0.25, 0.3) is 0 Å². The molecule has 0 N–H and O–H groups in total. The molecular formula is C42H24N4OS. The zero-order valence-corrected chi connectivity index (χ0v) is 26.3. The third-order valence-corrected chi connectivity index (χ3v) is 10.1. The Labute approximate surface area is 278 Å². The number of rotatable bonds is 4. The van der Waals surface area contributed by atoms with E-state index in [4.69, 9.17) is 24.4 Å². The molecule has 10 aromatic rings. The number of para-hydroxylation sites is 1. The maximum absolute atomic E-state index is 6.22. The van der Waals surface area contributed by atoms with Crippen LogP contribution in [0.3, 0.4) is 0 Å². The summed E-state index contributed by atoms with van der Waals surface area (Å²) in [4.78, 5) is 20.3. The molecule has 0 aliphatic heterocycles. The van der Waals surface area contributed by atoms with Gasteiger partial charge in [0.1, 0.15) is 16.2 Å². The Bertz CT molecular complexity index is 2840. The molecule has 0 radical (unpaired) electrons. The Hall–Kier alpha value is -6.24. The average molecular weight is 633 g/mol. The molecule has 0 saturated heterocycles. The molecule has 0 amide bonds. The summed E-state index contributed by atoms with van der Waals surface area (Å²) in [5.41, 5.74) is 6.52. The van der Waals surface area contributed by atoms with Crippen LogP contribution in [0.1, 0.15) is 0 Å². The predicted molar refractivity (Wildman–Crippen MR) is 197 cm³/mol. The maximum Gasteiger partial charge on any atom is 0.164 e. The number of hydrogen-bond donors (Lipinski definition) is 0. The molecule has 3 heterocycles. The number of hydrogen-bond acceptors (Lipinski definition) is 6. The van der Waals surface area contributed by atoms with E-state index < -0.39 is 0 Å². The molecule has 7 aromatic carbocycles. The first-order valence-corrected chi connectivity index (χ1v) is 16.6. The molecule has 48 heavy (non-hydrogen) atoms. The highest BCUT2D eigenvalue weighted by Gasteiger charge is 2.19. The van der Waals surface area contributed by atoms with Crippen molar-refractivity contribution in [3.63, 3.8) is 0 Å². The molecule has 10 rings (SSSR count).